The average molecular weight is 313 g/mol. The van der Waals surface area contributed by atoms with Crippen LogP contribution in [0.4, 0.5) is 0 Å². The van der Waals surface area contributed by atoms with Gasteiger partial charge in [-0.25, -0.2) is 0 Å². The second kappa shape index (κ2) is 6.96. The van der Waals surface area contributed by atoms with Gasteiger partial charge in [0.25, 0.3) is 5.91 Å². The van der Waals surface area contributed by atoms with E-state index in [0.29, 0.717) is 18.5 Å². The third-order valence-corrected chi connectivity index (χ3v) is 4.50. The number of aliphatic hydroxyl groups is 1. The molecule has 0 bridgehead atoms. The highest BCUT2D eigenvalue weighted by molar-refractivity contribution is 5.94. The zero-order chi connectivity index (χ0) is 16.2. The maximum Gasteiger partial charge on any atom is 0.257 e. The van der Waals surface area contributed by atoms with Crippen molar-refractivity contribution in [1.29, 1.82) is 0 Å². The normalized spacial score (nSPS) is 16.3. The van der Waals surface area contributed by atoms with Crippen molar-refractivity contribution in [1.82, 2.24) is 14.7 Å². The lowest BCUT2D eigenvalue weighted by atomic mass is 10.1. The summed E-state index contributed by atoms with van der Waals surface area (Å²) in [6.07, 6.45) is 5.97. The number of hydrogen-bond acceptors (Lipinski definition) is 3. The molecule has 0 saturated heterocycles. The van der Waals surface area contributed by atoms with Gasteiger partial charge in [0.1, 0.15) is 0 Å². The second-order valence-corrected chi connectivity index (χ2v) is 5.91. The predicted octanol–water partition coefficient (Wildman–Crippen LogP) is 2.42. The molecule has 3 rings (SSSR count). The first-order chi connectivity index (χ1) is 11.2. The van der Waals surface area contributed by atoms with Gasteiger partial charge >= 0.3 is 0 Å². The number of fused-ring (bicyclic) bond motifs is 1. The molecule has 23 heavy (non-hydrogen) atoms. The van der Waals surface area contributed by atoms with E-state index in [4.69, 9.17) is 0 Å². The maximum atomic E-state index is 13.0. The number of benzene rings is 1. The third-order valence-electron chi connectivity index (χ3n) is 4.50. The van der Waals surface area contributed by atoms with Crippen molar-refractivity contribution in [3.8, 4) is 0 Å². The largest absolute Gasteiger partial charge is 0.396 e. The molecule has 0 spiro atoms. The molecular formula is C18H23N3O2. The van der Waals surface area contributed by atoms with E-state index in [1.165, 1.54) is 11.1 Å². The van der Waals surface area contributed by atoms with E-state index in [9.17, 15) is 9.90 Å². The van der Waals surface area contributed by atoms with Crippen LogP contribution < -0.4 is 0 Å². The van der Waals surface area contributed by atoms with Gasteiger partial charge in [0, 0.05) is 25.9 Å². The highest BCUT2D eigenvalue weighted by Crippen LogP contribution is 2.36. The van der Waals surface area contributed by atoms with Crippen molar-refractivity contribution in [2.75, 3.05) is 13.2 Å². The molecule has 1 aliphatic carbocycles. The van der Waals surface area contributed by atoms with Crippen molar-refractivity contribution < 1.29 is 9.90 Å². The molecule has 122 valence electrons. The van der Waals surface area contributed by atoms with Crippen LogP contribution in [0.3, 0.4) is 0 Å². The molecule has 5 heteroatoms. The molecule has 0 fully saturated rings. The Bertz CT molecular complexity index is 680. The number of amides is 1. The Kier molecular flexibility index (Phi) is 4.76. The Balaban J connectivity index is 1.87. The molecule has 0 radical (unpaired) electrons. The average Bonchev–Trinajstić information content (AvgIpc) is 3.22. The van der Waals surface area contributed by atoms with Gasteiger partial charge in [0.05, 0.1) is 17.8 Å². The summed E-state index contributed by atoms with van der Waals surface area (Å²) in [6, 6.07) is 8.42. The number of aryl methyl sites for hydroxylation is 2. The fourth-order valence-electron chi connectivity index (χ4n) is 3.31. The van der Waals surface area contributed by atoms with Crippen molar-refractivity contribution in [3.63, 3.8) is 0 Å². The quantitative estimate of drug-likeness (QED) is 0.891. The molecule has 0 aliphatic heterocycles. The van der Waals surface area contributed by atoms with E-state index in [0.717, 1.165) is 19.4 Å². The van der Waals surface area contributed by atoms with Crippen LogP contribution in [-0.2, 0) is 13.0 Å². The van der Waals surface area contributed by atoms with Crippen LogP contribution in [0.2, 0.25) is 0 Å². The predicted molar refractivity (Wildman–Crippen MR) is 88.1 cm³/mol. The molecule has 1 aromatic carbocycles. The molecule has 1 atom stereocenters. The van der Waals surface area contributed by atoms with Gasteiger partial charge in [-0.2, -0.15) is 5.10 Å². The number of carbonyl (C=O) groups is 1. The number of rotatable bonds is 6. The van der Waals surface area contributed by atoms with E-state index in [-0.39, 0.29) is 18.6 Å². The van der Waals surface area contributed by atoms with Gasteiger partial charge in [-0.3, -0.25) is 9.48 Å². The van der Waals surface area contributed by atoms with Gasteiger partial charge in [-0.15, -0.1) is 0 Å². The topological polar surface area (TPSA) is 58.4 Å². The first kappa shape index (κ1) is 15.7. The molecule has 5 nitrogen and oxygen atoms in total. The second-order valence-electron chi connectivity index (χ2n) is 5.91. The lowest BCUT2D eigenvalue weighted by Crippen LogP contribution is -2.35. The standard InChI is InChI=1S/C18H23N3O2/c1-2-20-13-15(12-19-20)18(23)21(10-5-11-22)17-9-8-14-6-3-4-7-16(14)17/h3-4,6-7,12-13,17,22H,2,5,8-11H2,1H3/t17-/m1/s1. The van der Waals surface area contributed by atoms with Crippen LogP contribution in [0.25, 0.3) is 0 Å². The number of nitrogens with zero attached hydrogens (tertiary/aromatic N) is 3. The fourth-order valence-corrected chi connectivity index (χ4v) is 3.31. The number of aromatic nitrogens is 2. The molecule has 1 amide bonds. The summed E-state index contributed by atoms with van der Waals surface area (Å²) in [6.45, 7) is 3.40. The minimum Gasteiger partial charge on any atom is -0.396 e. The van der Waals surface area contributed by atoms with Gasteiger partial charge < -0.3 is 10.0 Å². The van der Waals surface area contributed by atoms with E-state index < -0.39 is 0 Å². The zero-order valence-electron chi connectivity index (χ0n) is 13.5. The summed E-state index contributed by atoms with van der Waals surface area (Å²) < 4.78 is 1.76. The van der Waals surface area contributed by atoms with E-state index in [1.807, 2.05) is 24.0 Å². The summed E-state index contributed by atoms with van der Waals surface area (Å²) in [4.78, 5) is 14.9. The zero-order valence-corrected chi connectivity index (χ0v) is 13.5. The first-order valence-corrected chi connectivity index (χ1v) is 8.26. The van der Waals surface area contributed by atoms with Gasteiger partial charge in [0.2, 0.25) is 0 Å². The summed E-state index contributed by atoms with van der Waals surface area (Å²) >= 11 is 0. The number of aliphatic hydroxyl groups excluding tert-OH is 1. The lowest BCUT2D eigenvalue weighted by Gasteiger charge is -2.29. The molecular weight excluding hydrogens is 290 g/mol. The van der Waals surface area contributed by atoms with Gasteiger partial charge in [0.15, 0.2) is 0 Å². The summed E-state index contributed by atoms with van der Waals surface area (Å²) in [5.41, 5.74) is 3.18. The van der Waals surface area contributed by atoms with Crippen molar-refractivity contribution in [3.05, 3.63) is 53.3 Å². The molecule has 0 unspecified atom stereocenters. The van der Waals surface area contributed by atoms with Crippen LogP contribution in [0.5, 0.6) is 0 Å². The van der Waals surface area contributed by atoms with Gasteiger partial charge in [-0.1, -0.05) is 24.3 Å². The first-order valence-electron chi connectivity index (χ1n) is 8.26. The highest BCUT2D eigenvalue weighted by Gasteiger charge is 2.31. The Morgan fingerprint density at radius 1 is 1.43 bits per heavy atom. The van der Waals surface area contributed by atoms with E-state index in [2.05, 4.69) is 17.2 Å². The molecule has 1 aromatic heterocycles. The van der Waals surface area contributed by atoms with Crippen LogP contribution in [0.15, 0.2) is 36.7 Å². The minimum atomic E-state index is -0.000136. The molecule has 2 aromatic rings. The van der Waals surface area contributed by atoms with Crippen LogP contribution in [0, 0.1) is 0 Å². The summed E-state index contributed by atoms with van der Waals surface area (Å²) in [7, 11) is 0. The van der Waals surface area contributed by atoms with Crippen molar-refractivity contribution in [2.24, 2.45) is 0 Å². The molecule has 0 saturated carbocycles. The van der Waals surface area contributed by atoms with Crippen LogP contribution in [-0.4, -0.2) is 38.8 Å². The monoisotopic (exact) mass is 313 g/mol. The number of hydrogen-bond donors (Lipinski definition) is 1. The van der Waals surface area contributed by atoms with Gasteiger partial charge in [-0.05, 0) is 37.3 Å². The van der Waals surface area contributed by atoms with E-state index >= 15 is 0 Å². The van der Waals surface area contributed by atoms with Crippen molar-refractivity contribution in [2.45, 2.75) is 38.8 Å². The number of carbonyl (C=O) groups excluding carboxylic acids is 1. The van der Waals surface area contributed by atoms with E-state index in [1.54, 1.807) is 17.1 Å². The fraction of sp³-hybridized carbons (Fsp3) is 0.444. The third kappa shape index (κ3) is 3.15. The highest BCUT2D eigenvalue weighted by atomic mass is 16.3. The molecule has 1 N–H and O–H groups in total. The van der Waals surface area contributed by atoms with Crippen LogP contribution >= 0.6 is 0 Å². The SMILES string of the molecule is CCn1cc(C(=O)N(CCCO)[C@@H]2CCc3ccccc32)cn1. The lowest BCUT2D eigenvalue weighted by molar-refractivity contribution is 0.0661. The Hall–Kier alpha value is -2.14. The Morgan fingerprint density at radius 3 is 3.00 bits per heavy atom. The maximum absolute atomic E-state index is 13.0. The Morgan fingerprint density at radius 2 is 2.26 bits per heavy atom. The molecule has 1 heterocycles. The molecule has 1 aliphatic rings. The summed E-state index contributed by atoms with van der Waals surface area (Å²) in [5.74, 6) is -0.000136. The smallest absolute Gasteiger partial charge is 0.257 e. The van der Waals surface area contributed by atoms with Crippen LogP contribution in [0.1, 0.15) is 47.3 Å². The Labute approximate surface area is 136 Å². The minimum absolute atomic E-state index is 0.000136. The summed E-state index contributed by atoms with van der Waals surface area (Å²) in [5, 5.41) is 13.4. The van der Waals surface area contributed by atoms with Crippen molar-refractivity contribution >= 4 is 5.91 Å².